The first-order valence-electron chi connectivity index (χ1n) is 7.72. The summed E-state index contributed by atoms with van der Waals surface area (Å²) in [6.45, 7) is 0. The number of benzene rings is 2. The average Bonchev–Trinajstić information content (AvgIpc) is 2.67. The molecule has 1 N–H and O–H groups in total. The standard InChI is InChI=1S/C20H11F2N3OS/c21-16-5-2-6-17(22)19(16)20(26)25-15-4-1-3-13(11-15)7-8-14-9-10-23-18(12-27)24-14/h1-6,9-12H,(H,25,26). The third kappa shape index (κ3) is 4.57. The number of hydrogen-bond acceptors (Lipinski definition) is 4. The van der Waals surface area contributed by atoms with E-state index in [1.165, 1.54) is 11.4 Å². The maximum absolute atomic E-state index is 13.7. The van der Waals surface area contributed by atoms with E-state index in [0.29, 0.717) is 22.8 Å². The first-order valence-corrected chi connectivity index (χ1v) is 8.19. The first-order chi connectivity index (χ1) is 13.1. The highest BCUT2D eigenvalue weighted by Crippen LogP contribution is 2.16. The van der Waals surface area contributed by atoms with Crippen molar-refractivity contribution in [2.45, 2.75) is 0 Å². The Morgan fingerprint density at radius 2 is 1.81 bits per heavy atom. The Morgan fingerprint density at radius 3 is 2.56 bits per heavy atom. The summed E-state index contributed by atoms with van der Waals surface area (Å²) in [5, 5.41) is 3.82. The number of halogens is 2. The van der Waals surface area contributed by atoms with Gasteiger partial charge in [-0.25, -0.2) is 18.7 Å². The Kier molecular flexibility index (Phi) is 5.59. The molecule has 2 aromatic carbocycles. The highest BCUT2D eigenvalue weighted by atomic mass is 32.1. The molecular weight excluding hydrogens is 368 g/mol. The molecule has 0 aliphatic rings. The lowest BCUT2D eigenvalue weighted by molar-refractivity contribution is 0.101. The van der Waals surface area contributed by atoms with E-state index in [-0.39, 0.29) is 0 Å². The quantitative estimate of drug-likeness (QED) is 0.556. The van der Waals surface area contributed by atoms with Crippen LogP contribution in [0.1, 0.15) is 27.4 Å². The molecule has 1 amide bonds. The predicted octanol–water partition coefficient (Wildman–Crippen LogP) is 3.75. The smallest absolute Gasteiger partial charge is 0.261 e. The number of hydrogen-bond donors (Lipinski definition) is 1. The molecule has 132 valence electrons. The van der Waals surface area contributed by atoms with Crippen LogP contribution in [0.4, 0.5) is 14.5 Å². The van der Waals surface area contributed by atoms with Gasteiger partial charge in [-0.1, -0.05) is 30.3 Å². The minimum absolute atomic E-state index is 0.358. The van der Waals surface area contributed by atoms with E-state index in [1.54, 1.807) is 36.5 Å². The highest BCUT2D eigenvalue weighted by molar-refractivity contribution is 7.79. The van der Waals surface area contributed by atoms with Gasteiger partial charge in [0.05, 0.1) is 0 Å². The van der Waals surface area contributed by atoms with Crippen molar-refractivity contribution in [1.29, 1.82) is 0 Å². The van der Waals surface area contributed by atoms with Crippen molar-refractivity contribution in [2.24, 2.45) is 0 Å². The molecule has 3 rings (SSSR count). The Morgan fingerprint density at radius 1 is 1.07 bits per heavy atom. The van der Waals surface area contributed by atoms with Gasteiger partial charge in [-0.2, -0.15) is 0 Å². The summed E-state index contributed by atoms with van der Waals surface area (Å²) in [5.41, 5.74) is 0.799. The normalized spacial score (nSPS) is 9.85. The van der Waals surface area contributed by atoms with Crippen LogP contribution < -0.4 is 5.32 Å². The number of thiocarbonyl (C=S) groups is 1. The minimum Gasteiger partial charge on any atom is -0.322 e. The number of rotatable bonds is 3. The fraction of sp³-hybridized carbons (Fsp3) is 0. The predicted molar refractivity (Wildman–Crippen MR) is 102 cm³/mol. The maximum atomic E-state index is 13.7. The van der Waals surface area contributed by atoms with Gasteiger partial charge in [0.25, 0.3) is 5.91 Å². The van der Waals surface area contributed by atoms with Crippen molar-refractivity contribution in [3.8, 4) is 11.8 Å². The van der Waals surface area contributed by atoms with Crippen molar-refractivity contribution in [3.63, 3.8) is 0 Å². The summed E-state index contributed by atoms with van der Waals surface area (Å²) in [6.07, 6.45) is 1.55. The summed E-state index contributed by atoms with van der Waals surface area (Å²) in [4.78, 5) is 20.3. The van der Waals surface area contributed by atoms with Crippen molar-refractivity contribution < 1.29 is 13.6 Å². The number of anilines is 1. The molecule has 0 unspecified atom stereocenters. The van der Waals surface area contributed by atoms with Crippen LogP contribution in [0.5, 0.6) is 0 Å². The van der Waals surface area contributed by atoms with E-state index in [2.05, 4.69) is 27.1 Å². The lowest BCUT2D eigenvalue weighted by Crippen LogP contribution is -2.15. The SMILES string of the molecule is O=C(Nc1cccc(C#Cc2ccnc(C=S)n2)c1)c1c(F)cccc1F. The first kappa shape index (κ1) is 18.3. The minimum atomic E-state index is -0.929. The molecule has 0 aliphatic heterocycles. The largest absolute Gasteiger partial charge is 0.322 e. The van der Waals surface area contributed by atoms with Crippen LogP contribution in [0, 0.1) is 23.5 Å². The van der Waals surface area contributed by atoms with E-state index < -0.39 is 23.1 Å². The summed E-state index contributed by atoms with van der Waals surface area (Å²) in [7, 11) is 0. The molecule has 4 nitrogen and oxygen atoms in total. The van der Waals surface area contributed by atoms with E-state index in [9.17, 15) is 13.6 Å². The van der Waals surface area contributed by atoms with Gasteiger partial charge >= 0.3 is 0 Å². The van der Waals surface area contributed by atoms with Crippen molar-refractivity contribution >= 4 is 29.2 Å². The fourth-order valence-electron chi connectivity index (χ4n) is 2.22. The van der Waals surface area contributed by atoms with Crippen molar-refractivity contribution in [2.75, 3.05) is 5.32 Å². The van der Waals surface area contributed by atoms with Crippen LogP contribution in [0.25, 0.3) is 0 Å². The molecule has 0 saturated heterocycles. The Bertz CT molecular complexity index is 1070. The molecule has 0 aliphatic carbocycles. The van der Waals surface area contributed by atoms with Crippen LogP contribution in [-0.2, 0) is 0 Å². The zero-order valence-electron chi connectivity index (χ0n) is 13.7. The van der Waals surface area contributed by atoms with Crippen LogP contribution in [0.3, 0.4) is 0 Å². The number of amides is 1. The van der Waals surface area contributed by atoms with Crippen LogP contribution in [-0.4, -0.2) is 21.2 Å². The van der Waals surface area contributed by atoms with Gasteiger partial charge in [0.2, 0.25) is 0 Å². The summed E-state index contributed by atoms with van der Waals surface area (Å²) < 4.78 is 27.4. The number of nitrogens with zero attached hydrogens (tertiary/aromatic N) is 2. The van der Waals surface area contributed by atoms with Gasteiger partial charge in [-0.05, 0) is 42.3 Å². The Labute approximate surface area is 159 Å². The van der Waals surface area contributed by atoms with E-state index in [0.717, 1.165) is 12.1 Å². The van der Waals surface area contributed by atoms with Gasteiger partial charge in [0.1, 0.15) is 22.9 Å². The van der Waals surface area contributed by atoms with Crippen LogP contribution in [0.2, 0.25) is 0 Å². The zero-order chi connectivity index (χ0) is 19.2. The summed E-state index contributed by atoms with van der Waals surface area (Å²) in [5.74, 6) is 3.42. The molecule has 27 heavy (non-hydrogen) atoms. The fourth-order valence-corrected chi connectivity index (χ4v) is 2.33. The van der Waals surface area contributed by atoms with Crippen molar-refractivity contribution in [3.05, 3.63) is 89.0 Å². The third-order valence-corrected chi connectivity index (χ3v) is 3.64. The number of aromatic nitrogens is 2. The van der Waals surface area contributed by atoms with Gasteiger partial charge in [0, 0.05) is 22.8 Å². The summed E-state index contributed by atoms with van der Waals surface area (Å²) >= 11 is 4.78. The van der Waals surface area contributed by atoms with Gasteiger partial charge in [-0.3, -0.25) is 4.79 Å². The topological polar surface area (TPSA) is 54.9 Å². The monoisotopic (exact) mass is 379 g/mol. The molecule has 0 bridgehead atoms. The average molecular weight is 379 g/mol. The Hall–Kier alpha value is -3.50. The van der Waals surface area contributed by atoms with Gasteiger partial charge < -0.3 is 5.32 Å². The maximum Gasteiger partial charge on any atom is 0.261 e. The molecule has 0 atom stereocenters. The van der Waals surface area contributed by atoms with Gasteiger partial charge in [0.15, 0.2) is 5.82 Å². The van der Waals surface area contributed by atoms with E-state index in [1.807, 2.05) is 0 Å². The second kappa shape index (κ2) is 8.25. The molecule has 7 heteroatoms. The lowest BCUT2D eigenvalue weighted by atomic mass is 10.1. The molecule has 3 aromatic rings. The van der Waals surface area contributed by atoms with E-state index >= 15 is 0 Å². The molecule has 0 radical (unpaired) electrons. The van der Waals surface area contributed by atoms with Crippen LogP contribution in [0.15, 0.2) is 54.7 Å². The number of nitrogens with one attached hydrogen (secondary N) is 1. The number of carbonyl (C=O) groups excluding carboxylic acids is 1. The molecule has 0 fully saturated rings. The molecule has 0 saturated carbocycles. The second-order valence-electron chi connectivity index (χ2n) is 5.30. The molecule has 1 aromatic heterocycles. The molecule has 0 spiro atoms. The summed E-state index contributed by atoms with van der Waals surface area (Å²) in [6, 6.07) is 11.5. The molecule has 1 heterocycles. The number of carbonyl (C=O) groups is 1. The zero-order valence-corrected chi connectivity index (χ0v) is 14.6. The second-order valence-corrected chi connectivity index (χ2v) is 5.54. The molecular formula is C20H11F2N3OS. The van der Waals surface area contributed by atoms with Crippen LogP contribution >= 0.6 is 12.2 Å². The third-order valence-electron chi connectivity index (χ3n) is 3.42. The van der Waals surface area contributed by atoms with E-state index in [4.69, 9.17) is 12.2 Å². The lowest BCUT2D eigenvalue weighted by Gasteiger charge is -2.07. The Balaban J connectivity index is 1.81. The highest BCUT2D eigenvalue weighted by Gasteiger charge is 2.17. The van der Waals surface area contributed by atoms with Gasteiger partial charge in [-0.15, -0.1) is 0 Å². The van der Waals surface area contributed by atoms with Crippen molar-refractivity contribution in [1.82, 2.24) is 9.97 Å².